The van der Waals surface area contributed by atoms with Crippen molar-refractivity contribution in [3.63, 3.8) is 0 Å². The first kappa shape index (κ1) is 15.8. The molecule has 0 saturated heterocycles. The van der Waals surface area contributed by atoms with E-state index in [-0.39, 0.29) is 12.0 Å². The van der Waals surface area contributed by atoms with E-state index in [4.69, 9.17) is 9.47 Å². The maximum atomic E-state index is 12.7. The van der Waals surface area contributed by atoms with Gasteiger partial charge in [-0.3, -0.25) is 5.32 Å². The lowest BCUT2D eigenvalue weighted by atomic mass is 9.77. The van der Waals surface area contributed by atoms with Gasteiger partial charge in [0.15, 0.2) is 0 Å². The van der Waals surface area contributed by atoms with Crippen LogP contribution in [0.1, 0.15) is 46.1 Å². The molecular formula is C17H25NO3. The molecule has 0 bridgehead atoms. The molecule has 1 aromatic rings. The molecule has 0 aliphatic carbocycles. The van der Waals surface area contributed by atoms with E-state index in [0.717, 1.165) is 17.7 Å². The van der Waals surface area contributed by atoms with Gasteiger partial charge in [0.1, 0.15) is 16.9 Å². The number of para-hydroxylation sites is 1. The second kappa shape index (κ2) is 5.68. The zero-order valence-electron chi connectivity index (χ0n) is 13.5. The van der Waals surface area contributed by atoms with Crippen LogP contribution in [0.4, 0.5) is 0 Å². The normalized spacial score (nSPS) is 24.6. The van der Waals surface area contributed by atoms with Crippen LogP contribution in [0.2, 0.25) is 0 Å². The third-order valence-corrected chi connectivity index (χ3v) is 4.06. The smallest absolute Gasteiger partial charge is 0.331 e. The molecule has 0 aromatic heterocycles. The van der Waals surface area contributed by atoms with Gasteiger partial charge in [0, 0.05) is 18.0 Å². The van der Waals surface area contributed by atoms with Crippen molar-refractivity contribution in [1.29, 1.82) is 0 Å². The summed E-state index contributed by atoms with van der Waals surface area (Å²) < 4.78 is 11.2. The van der Waals surface area contributed by atoms with E-state index < -0.39 is 11.1 Å². The predicted octanol–water partition coefficient (Wildman–Crippen LogP) is 3.00. The Hall–Kier alpha value is -1.55. The van der Waals surface area contributed by atoms with Gasteiger partial charge in [0.05, 0.1) is 7.11 Å². The van der Waals surface area contributed by atoms with Gasteiger partial charge in [-0.2, -0.15) is 0 Å². The number of methoxy groups -OCH3 is 1. The van der Waals surface area contributed by atoms with Crippen molar-refractivity contribution in [2.45, 2.75) is 57.7 Å². The lowest BCUT2D eigenvalue weighted by Crippen LogP contribution is -2.59. The molecule has 4 heteroatoms. The van der Waals surface area contributed by atoms with Crippen LogP contribution in [0, 0.1) is 0 Å². The van der Waals surface area contributed by atoms with Gasteiger partial charge in [0.2, 0.25) is 0 Å². The number of esters is 1. The van der Waals surface area contributed by atoms with Gasteiger partial charge in [-0.15, -0.1) is 0 Å². The topological polar surface area (TPSA) is 47.6 Å². The molecule has 1 aliphatic rings. The fraction of sp³-hybridized carbons (Fsp3) is 0.588. The molecule has 1 aliphatic heterocycles. The fourth-order valence-corrected chi connectivity index (χ4v) is 3.04. The van der Waals surface area contributed by atoms with Crippen molar-refractivity contribution in [3.8, 4) is 5.75 Å². The van der Waals surface area contributed by atoms with E-state index in [0.29, 0.717) is 6.42 Å². The van der Waals surface area contributed by atoms with E-state index >= 15 is 0 Å². The highest BCUT2D eigenvalue weighted by Crippen LogP contribution is 2.44. The Morgan fingerprint density at radius 2 is 2.10 bits per heavy atom. The Bertz CT molecular complexity index is 527. The second-order valence-electron chi connectivity index (χ2n) is 6.39. The van der Waals surface area contributed by atoms with Crippen LogP contribution < -0.4 is 10.1 Å². The SMILES string of the molecule is CCC(C)NC1(C(=O)OC)CC(C)(C)Oc2ccccc21. The average Bonchev–Trinajstić information content (AvgIpc) is 2.44. The van der Waals surface area contributed by atoms with Crippen molar-refractivity contribution >= 4 is 5.97 Å². The minimum atomic E-state index is -0.859. The molecule has 2 rings (SSSR count). The maximum absolute atomic E-state index is 12.7. The Kier molecular flexibility index (Phi) is 4.28. The maximum Gasteiger partial charge on any atom is 0.331 e. The monoisotopic (exact) mass is 291 g/mol. The summed E-state index contributed by atoms with van der Waals surface area (Å²) in [7, 11) is 1.44. The van der Waals surface area contributed by atoms with E-state index in [1.165, 1.54) is 7.11 Å². The van der Waals surface area contributed by atoms with Crippen LogP contribution in [-0.4, -0.2) is 24.7 Å². The van der Waals surface area contributed by atoms with Crippen molar-refractivity contribution in [3.05, 3.63) is 29.8 Å². The van der Waals surface area contributed by atoms with Crippen molar-refractivity contribution < 1.29 is 14.3 Å². The number of carbonyl (C=O) groups is 1. The number of hydrogen-bond acceptors (Lipinski definition) is 4. The predicted molar refractivity (Wildman–Crippen MR) is 82.3 cm³/mol. The van der Waals surface area contributed by atoms with E-state index in [1.54, 1.807) is 0 Å². The molecule has 4 nitrogen and oxygen atoms in total. The van der Waals surface area contributed by atoms with Gasteiger partial charge in [0.25, 0.3) is 0 Å². The first-order valence-corrected chi connectivity index (χ1v) is 7.49. The molecule has 1 aromatic carbocycles. The molecule has 1 heterocycles. The zero-order chi connectivity index (χ0) is 15.7. The number of carbonyl (C=O) groups excluding carboxylic acids is 1. The molecule has 0 fully saturated rings. The molecule has 2 atom stereocenters. The number of rotatable bonds is 4. The number of hydrogen-bond donors (Lipinski definition) is 1. The lowest BCUT2D eigenvalue weighted by molar-refractivity contribution is -0.153. The Morgan fingerprint density at radius 3 is 2.71 bits per heavy atom. The third kappa shape index (κ3) is 2.91. The van der Waals surface area contributed by atoms with Gasteiger partial charge >= 0.3 is 5.97 Å². The second-order valence-corrected chi connectivity index (χ2v) is 6.39. The quantitative estimate of drug-likeness (QED) is 0.866. The van der Waals surface area contributed by atoms with Crippen molar-refractivity contribution in [2.24, 2.45) is 0 Å². The van der Waals surface area contributed by atoms with Crippen molar-refractivity contribution in [2.75, 3.05) is 7.11 Å². The highest BCUT2D eigenvalue weighted by Gasteiger charge is 2.51. The molecule has 1 N–H and O–H groups in total. The Morgan fingerprint density at radius 1 is 1.43 bits per heavy atom. The Balaban J connectivity index is 2.59. The number of nitrogens with one attached hydrogen (secondary N) is 1. The summed E-state index contributed by atoms with van der Waals surface area (Å²) in [5.41, 5.74) is -0.442. The largest absolute Gasteiger partial charge is 0.487 e. The van der Waals surface area contributed by atoms with E-state index in [1.807, 2.05) is 38.1 Å². The van der Waals surface area contributed by atoms with Crippen LogP contribution >= 0.6 is 0 Å². The van der Waals surface area contributed by atoms with Gasteiger partial charge in [-0.05, 0) is 33.3 Å². The first-order valence-electron chi connectivity index (χ1n) is 7.49. The molecular weight excluding hydrogens is 266 g/mol. The molecule has 21 heavy (non-hydrogen) atoms. The van der Waals surface area contributed by atoms with Gasteiger partial charge < -0.3 is 9.47 Å². The highest BCUT2D eigenvalue weighted by molar-refractivity contribution is 5.84. The summed E-state index contributed by atoms with van der Waals surface area (Å²) in [5.74, 6) is 0.488. The van der Waals surface area contributed by atoms with Crippen molar-refractivity contribution in [1.82, 2.24) is 5.32 Å². The number of fused-ring (bicyclic) bond motifs is 1. The lowest BCUT2D eigenvalue weighted by Gasteiger charge is -2.45. The molecule has 0 radical (unpaired) electrons. The molecule has 0 amide bonds. The molecule has 116 valence electrons. The van der Waals surface area contributed by atoms with Gasteiger partial charge in [-0.1, -0.05) is 25.1 Å². The van der Waals surface area contributed by atoms with E-state index in [2.05, 4.69) is 19.2 Å². The average molecular weight is 291 g/mol. The zero-order valence-corrected chi connectivity index (χ0v) is 13.5. The summed E-state index contributed by atoms with van der Waals surface area (Å²) in [6, 6.07) is 7.90. The summed E-state index contributed by atoms with van der Waals surface area (Å²) in [5, 5.41) is 3.49. The van der Waals surface area contributed by atoms with Crippen LogP contribution in [0.5, 0.6) is 5.75 Å². The number of ether oxygens (including phenoxy) is 2. The van der Waals surface area contributed by atoms with Crippen LogP contribution in [-0.2, 0) is 15.1 Å². The minimum Gasteiger partial charge on any atom is -0.487 e. The molecule has 0 saturated carbocycles. The van der Waals surface area contributed by atoms with Gasteiger partial charge in [-0.25, -0.2) is 4.79 Å². The summed E-state index contributed by atoms with van der Waals surface area (Å²) in [6.07, 6.45) is 1.47. The molecule has 0 spiro atoms. The fourth-order valence-electron chi connectivity index (χ4n) is 3.04. The summed E-state index contributed by atoms with van der Waals surface area (Å²) in [4.78, 5) is 12.7. The van der Waals surface area contributed by atoms with Crippen LogP contribution in [0.25, 0.3) is 0 Å². The summed E-state index contributed by atoms with van der Waals surface area (Å²) >= 11 is 0. The number of benzene rings is 1. The van der Waals surface area contributed by atoms with E-state index in [9.17, 15) is 4.79 Å². The molecule has 2 unspecified atom stereocenters. The first-order chi connectivity index (χ1) is 9.84. The standard InChI is InChI=1S/C17H25NO3/c1-6-12(2)18-17(15(19)20-5)11-16(3,4)21-14-10-8-7-9-13(14)17/h7-10,12,18H,6,11H2,1-5H3. The van der Waals surface area contributed by atoms with Crippen LogP contribution in [0.15, 0.2) is 24.3 Å². The highest BCUT2D eigenvalue weighted by atomic mass is 16.5. The van der Waals surface area contributed by atoms with Crippen LogP contribution in [0.3, 0.4) is 0 Å². The Labute approximate surface area is 126 Å². The minimum absolute atomic E-state index is 0.200. The summed E-state index contributed by atoms with van der Waals surface area (Å²) in [6.45, 7) is 8.17. The third-order valence-electron chi connectivity index (χ3n) is 4.06.